The highest BCUT2D eigenvalue weighted by atomic mass is 32.2. The Morgan fingerprint density at radius 3 is 2.32 bits per heavy atom. The SMILES string of the molecule is CCN(CC)S(=O)(=O)c1cc(C)c(C)c(NC(=O)CCN)c1. The Morgan fingerprint density at radius 2 is 1.82 bits per heavy atom. The highest BCUT2D eigenvalue weighted by Crippen LogP contribution is 2.26. The summed E-state index contributed by atoms with van der Waals surface area (Å²) in [6.07, 6.45) is 0.200. The van der Waals surface area contributed by atoms with Crippen molar-refractivity contribution in [2.45, 2.75) is 39.0 Å². The molecule has 1 rings (SSSR count). The quantitative estimate of drug-likeness (QED) is 0.796. The molecule has 0 saturated carbocycles. The maximum Gasteiger partial charge on any atom is 0.243 e. The molecule has 0 aliphatic heterocycles. The summed E-state index contributed by atoms with van der Waals surface area (Å²) >= 11 is 0. The summed E-state index contributed by atoms with van der Waals surface area (Å²) in [5.41, 5.74) is 7.55. The summed E-state index contributed by atoms with van der Waals surface area (Å²) in [4.78, 5) is 11.9. The van der Waals surface area contributed by atoms with E-state index in [0.717, 1.165) is 11.1 Å². The van der Waals surface area contributed by atoms with Crippen LogP contribution in [0.2, 0.25) is 0 Å². The summed E-state index contributed by atoms with van der Waals surface area (Å²) < 4.78 is 26.6. The van der Waals surface area contributed by atoms with Crippen LogP contribution in [-0.2, 0) is 14.8 Å². The van der Waals surface area contributed by atoms with Crippen LogP contribution in [0.25, 0.3) is 0 Å². The number of benzene rings is 1. The number of nitrogens with two attached hydrogens (primary N) is 1. The average Bonchev–Trinajstić information content (AvgIpc) is 2.44. The highest BCUT2D eigenvalue weighted by Gasteiger charge is 2.23. The van der Waals surface area contributed by atoms with Crippen LogP contribution in [0.15, 0.2) is 17.0 Å². The number of rotatable bonds is 7. The largest absolute Gasteiger partial charge is 0.330 e. The van der Waals surface area contributed by atoms with Gasteiger partial charge in [0, 0.05) is 31.7 Å². The van der Waals surface area contributed by atoms with Gasteiger partial charge in [-0.2, -0.15) is 4.31 Å². The van der Waals surface area contributed by atoms with Gasteiger partial charge in [0.05, 0.1) is 4.90 Å². The third-order valence-electron chi connectivity index (χ3n) is 3.63. The highest BCUT2D eigenvalue weighted by molar-refractivity contribution is 7.89. The van der Waals surface area contributed by atoms with Gasteiger partial charge in [0.15, 0.2) is 0 Å². The van der Waals surface area contributed by atoms with Crippen LogP contribution < -0.4 is 11.1 Å². The van der Waals surface area contributed by atoms with E-state index in [1.807, 2.05) is 13.8 Å². The van der Waals surface area contributed by atoms with Crippen molar-refractivity contribution in [1.29, 1.82) is 0 Å². The lowest BCUT2D eigenvalue weighted by molar-refractivity contribution is -0.116. The second kappa shape index (κ2) is 7.71. The molecule has 0 unspecified atom stereocenters. The summed E-state index contributed by atoms with van der Waals surface area (Å²) in [6.45, 7) is 8.33. The molecule has 0 saturated heterocycles. The minimum Gasteiger partial charge on any atom is -0.330 e. The molecule has 1 aromatic carbocycles. The van der Waals surface area contributed by atoms with Gasteiger partial charge in [-0.25, -0.2) is 8.42 Å². The number of anilines is 1. The van der Waals surface area contributed by atoms with Gasteiger partial charge in [-0.15, -0.1) is 0 Å². The molecule has 0 heterocycles. The number of carbonyl (C=O) groups excluding carboxylic acids is 1. The monoisotopic (exact) mass is 327 g/mol. The van der Waals surface area contributed by atoms with Crippen LogP contribution in [0.4, 0.5) is 5.69 Å². The van der Waals surface area contributed by atoms with E-state index < -0.39 is 10.0 Å². The molecule has 1 aromatic rings. The van der Waals surface area contributed by atoms with Crippen LogP contribution in [0.3, 0.4) is 0 Å². The van der Waals surface area contributed by atoms with Gasteiger partial charge < -0.3 is 11.1 Å². The van der Waals surface area contributed by atoms with Crippen molar-refractivity contribution in [3.05, 3.63) is 23.3 Å². The standard InChI is InChI=1S/C15H25N3O3S/c1-5-18(6-2)22(20,21)13-9-11(3)12(4)14(10-13)17-15(19)7-8-16/h9-10H,5-8,16H2,1-4H3,(H,17,19). The zero-order valence-corrected chi connectivity index (χ0v) is 14.5. The molecule has 0 bridgehead atoms. The third-order valence-corrected chi connectivity index (χ3v) is 5.66. The Balaban J connectivity index is 3.29. The van der Waals surface area contributed by atoms with Gasteiger partial charge in [-0.3, -0.25) is 4.79 Å². The molecule has 0 aliphatic rings. The van der Waals surface area contributed by atoms with Gasteiger partial charge >= 0.3 is 0 Å². The van der Waals surface area contributed by atoms with Crippen molar-refractivity contribution in [3.8, 4) is 0 Å². The number of nitrogens with one attached hydrogen (secondary N) is 1. The number of sulfonamides is 1. The number of hydrogen-bond acceptors (Lipinski definition) is 4. The third kappa shape index (κ3) is 4.06. The van der Waals surface area contributed by atoms with Crippen LogP contribution >= 0.6 is 0 Å². The van der Waals surface area contributed by atoms with Crippen LogP contribution in [0.5, 0.6) is 0 Å². The molecule has 0 fully saturated rings. The van der Waals surface area contributed by atoms with Gasteiger partial charge in [-0.05, 0) is 37.1 Å². The van der Waals surface area contributed by atoms with E-state index in [4.69, 9.17) is 5.73 Å². The Kier molecular flexibility index (Phi) is 6.52. The molecule has 0 aromatic heterocycles. The number of nitrogens with zero attached hydrogens (tertiary/aromatic N) is 1. The zero-order valence-electron chi connectivity index (χ0n) is 13.6. The van der Waals surface area contributed by atoms with Crippen molar-refractivity contribution in [3.63, 3.8) is 0 Å². The lowest BCUT2D eigenvalue weighted by atomic mass is 10.1. The molecule has 7 heteroatoms. The Bertz CT molecular complexity index is 638. The van der Waals surface area contributed by atoms with Crippen molar-refractivity contribution in [2.75, 3.05) is 25.0 Å². The number of carbonyl (C=O) groups is 1. The Labute approximate surface area is 132 Å². The summed E-state index contributed by atoms with van der Waals surface area (Å²) in [7, 11) is -3.55. The lowest BCUT2D eigenvalue weighted by Gasteiger charge is -2.20. The van der Waals surface area contributed by atoms with Gasteiger partial charge in [-0.1, -0.05) is 13.8 Å². The molecule has 0 spiro atoms. The first-order valence-electron chi connectivity index (χ1n) is 7.39. The normalized spacial score (nSPS) is 11.7. The van der Waals surface area contributed by atoms with Gasteiger partial charge in [0.25, 0.3) is 0 Å². The van der Waals surface area contributed by atoms with E-state index in [0.29, 0.717) is 18.8 Å². The van der Waals surface area contributed by atoms with E-state index in [9.17, 15) is 13.2 Å². The molecule has 1 amide bonds. The maximum atomic E-state index is 12.6. The fourth-order valence-corrected chi connectivity index (χ4v) is 3.73. The molecule has 0 atom stereocenters. The molecular formula is C15H25N3O3S. The minimum atomic E-state index is -3.55. The fourth-order valence-electron chi connectivity index (χ4n) is 2.16. The lowest BCUT2D eigenvalue weighted by Crippen LogP contribution is -2.30. The average molecular weight is 327 g/mol. The minimum absolute atomic E-state index is 0.197. The smallest absolute Gasteiger partial charge is 0.243 e. The summed E-state index contributed by atoms with van der Waals surface area (Å²) in [6, 6.07) is 3.16. The number of hydrogen-bond donors (Lipinski definition) is 2. The summed E-state index contributed by atoms with van der Waals surface area (Å²) in [5, 5.41) is 2.74. The first-order chi connectivity index (χ1) is 10.3. The van der Waals surface area contributed by atoms with Crippen LogP contribution in [-0.4, -0.2) is 38.3 Å². The molecule has 6 nitrogen and oxygen atoms in total. The van der Waals surface area contributed by atoms with Crippen molar-refractivity contribution in [1.82, 2.24) is 4.31 Å². The van der Waals surface area contributed by atoms with Crippen molar-refractivity contribution in [2.24, 2.45) is 5.73 Å². The number of amides is 1. The number of aryl methyl sites for hydroxylation is 1. The molecule has 0 aliphatic carbocycles. The zero-order chi connectivity index (χ0) is 16.9. The van der Waals surface area contributed by atoms with E-state index in [2.05, 4.69) is 5.32 Å². The molecular weight excluding hydrogens is 302 g/mol. The van der Waals surface area contributed by atoms with Crippen molar-refractivity contribution < 1.29 is 13.2 Å². The predicted molar refractivity (Wildman–Crippen MR) is 88.3 cm³/mol. The van der Waals surface area contributed by atoms with Crippen LogP contribution in [0.1, 0.15) is 31.4 Å². The fraction of sp³-hybridized carbons (Fsp3) is 0.533. The topological polar surface area (TPSA) is 92.5 Å². The molecule has 0 radical (unpaired) electrons. The second-order valence-corrected chi connectivity index (χ2v) is 7.03. The van der Waals surface area contributed by atoms with E-state index in [1.54, 1.807) is 19.9 Å². The van der Waals surface area contributed by atoms with Crippen molar-refractivity contribution >= 4 is 21.6 Å². The first kappa shape index (κ1) is 18.6. The molecule has 22 heavy (non-hydrogen) atoms. The van der Waals surface area contributed by atoms with Gasteiger partial charge in [0.2, 0.25) is 15.9 Å². The Morgan fingerprint density at radius 1 is 1.23 bits per heavy atom. The van der Waals surface area contributed by atoms with E-state index >= 15 is 0 Å². The Hall–Kier alpha value is -1.44. The summed E-state index contributed by atoms with van der Waals surface area (Å²) in [5.74, 6) is -0.220. The van der Waals surface area contributed by atoms with E-state index in [1.165, 1.54) is 10.4 Å². The predicted octanol–water partition coefficient (Wildman–Crippen LogP) is 1.62. The maximum absolute atomic E-state index is 12.6. The van der Waals surface area contributed by atoms with Gasteiger partial charge in [0.1, 0.15) is 0 Å². The van der Waals surface area contributed by atoms with E-state index in [-0.39, 0.29) is 23.8 Å². The van der Waals surface area contributed by atoms with Crippen LogP contribution in [0, 0.1) is 13.8 Å². The molecule has 3 N–H and O–H groups in total. The second-order valence-electron chi connectivity index (χ2n) is 5.09. The molecule has 124 valence electrons. The first-order valence-corrected chi connectivity index (χ1v) is 8.83.